The largest absolute Gasteiger partial charge is 0.496 e. The molecule has 1 fully saturated rings. The lowest BCUT2D eigenvalue weighted by atomic mass is 9.96. The second-order valence-corrected chi connectivity index (χ2v) is 7.77. The van der Waals surface area contributed by atoms with Gasteiger partial charge < -0.3 is 10.1 Å². The number of halogens is 1. The molecule has 1 N–H and O–H groups in total. The number of carbonyl (C=O) groups is 1. The second kappa shape index (κ2) is 9.14. The van der Waals surface area contributed by atoms with E-state index < -0.39 is 0 Å². The van der Waals surface area contributed by atoms with Gasteiger partial charge in [0.05, 0.1) is 13.5 Å². The fraction of sp³-hybridized carbons (Fsp3) is 0.450. The quantitative estimate of drug-likeness (QED) is 0.805. The van der Waals surface area contributed by atoms with Crippen LogP contribution in [0.3, 0.4) is 0 Å². The number of hydrogen-bond acceptors (Lipinski definition) is 4. The average molecular weight is 376 g/mol. The Morgan fingerprint density at radius 2 is 2.15 bits per heavy atom. The molecule has 1 aliphatic rings. The molecule has 0 atom stereocenters. The molecule has 2 heterocycles. The van der Waals surface area contributed by atoms with Crippen LogP contribution in [0.4, 0.5) is 4.39 Å². The smallest absolute Gasteiger partial charge is 0.225 e. The molecule has 0 aliphatic carbocycles. The summed E-state index contributed by atoms with van der Waals surface area (Å²) in [7, 11) is 1.57. The third-order valence-electron chi connectivity index (χ3n) is 4.85. The molecule has 1 aromatic carbocycles. The van der Waals surface area contributed by atoms with Crippen LogP contribution in [0.1, 0.15) is 23.3 Å². The molecule has 0 unspecified atom stereocenters. The van der Waals surface area contributed by atoms with Gasteiger partial charge >= 0.3 is 0 Å². The molecule has 1 aliphatic heterocycles. The lowest BCUT2D eigenvalue weighted by Crippen LogP contribution is -2.38. The van der Waals surface area contributed by atoms with Gasteiger partial charge in [-0.05, 0) is 49.4 Å². The van der Waals surface area contributed by atoms with Crippen molar-refractivity contribution >= 4 is 17.2 Å². The summed E-state index contributed by atoms with van der Waals surface area (Å²) in [6, 6.07) is 8.68. The topological polar surface area (TPSA) is 41.6 Å². The van der Waals surface area contributed by atoms with Crippen molar-refractivity contribution in [3.05, 3.63) is 52.0 Å². The van der Waals surface area contributed by atoms with Crippen molar-refractivity contribution in [1.29, 1.82) is 0 Å². The second-order valence-electron chi connectivity index (χ2n) is 6.74. The maximum atomic E-state index is 13.3. The van der Waals surface area contributed by atoms with Gasteiger partial charge in [-0.15, -0.1) is 11.3 Å². The summed E-state index contributed by atoms with van der Waals surface area (Å²) < 4.78 is 18.6. The van der Waals surface area contributed by atoms with Gasteiger partial charge in [0, 0.05) is 29.6 Å². The van der Waals surface area contributed by atoms with E-state index in [1.807, 2.05) is 17.5 Å². The molecule has 0 spiro atoms. The zero-order valence-electron chi connectivity index (χ0n) is 15.0. The molecule has 1 aromatic heterocycles. The van der Waals surface area contributed by atoms with Gasteiger partial charge in [-0.2, -0.15) is 0 Å². The number of benzene rings is 1. The van der Waals surface area contributed by atoms with Crippen molar-refractivity contribution in [2.75, 3.05) is 26.7 Å². The van der Waals surface area contributed by atoms with Gasteiger partial charge in [0.15, 0.2) is 0 Å². The summed E-state index contributed by atoms with van der Waals surface area (Å²) in [5, 5.41) is 5.06. The van der Waals surface area contributed by atoms with E-state index in [0.717, 1.165) is 49.5 Å². The van der Waals surface area contributed by atoms with Crippen LogP contribution >= 0.6 is 11.3 Å². The Morgan fingerprint density at radius 1 is 1.35 bits per heavy atom. The van der Waals surface area contributed by atoms with Crippen LogP contribution in [0.5, 0.6) is 5.75 Å². The number of nitrogens with zero attached hydrogens (tertiary/aromatic N) is 1. The molecule has 0 saturated carbocycles. The van der Waals surface area contributed by atoms with Crippen LogP contribution in [-0.4, -0.2) is 37.6 Å². The number of carbonyl (C=O) groups excluding carboxylic acids is 1. The summed E-state index contributed by atoms with van der Waals surface area (Å²) in [5.41, 5.74) is 1.01. The standard InChI is InChI=1S/C20H25FN2O2S/c1-25-19-11-17(21)5-4-16(19)14-23-8-6-15(7-9-23)13-22-20(24)12-18-3-2-10-26-18/h2-5,10-11,15H,6-9,12-14H2,1H3,(H,22,24). The number of ether oxygens (including phenoxy) is 1. The highest BCUT2D eigenvalue weighted by molar-refractivity contribution is 7.10. The molecule has 0 bridgehead atoms. The summed E-state index contributed by atoms with van der Waals surface area (Å²) in [6.45, 7) is 3.47. The van der Waals surface area contributed by atoms with Crippen LogP contribution in [-0.2, 0) is 17.8 Å². The van der Waals surface area contributed by atoms with Crippen molar-refractivity contribution in [1.82, 2.24) is 10.2 Å². The molecule has 2 aromatic rings. The van der Waals surface area contributed by atoms with E-state index >= 15 is 0 Å². The van der Waals surface area contributed by atoms with E-state index in [1.165, 1.54) is 12.1 Å². The first kappa shape index (κ1) is 18.9. The van der Waals surface area contributed by atoms with Gasteiger partial charge in [-0.3, -0.25) is 9.69 Å². The van der Waals surface area contributed by atoms with Crippen LogP contribution in [0.2, 0.25) is 0 Å². The lowest BCUT2D eigenvalue weighted by Gasteiger charge is -2.32. The van der Waals surface area contributed by atoms with E-state index in [9.17, 15) is 9.18 Å². The SMILES string of the molecule is COc1cc(F)ccc1CN1CCC(CNC(=O)Cc2cccs2)CC1. The van der Waals surface area contributed by atoms with Crippen molar-refractivity contribution in [2.24, 2.45) is 5.92 Å². The normalized spacial score (nSPS) is 15.8. The van der Waals surface area contributed by atoms with Crippen molar-refractivity contribution < 1.29 is 13.9 Å². The lowest BCUT2D eigenvalue weighted by molar-refractivity contribution is -0.120. The Labute approximate surface area is 158 Å². The molecule has 140 valence electrons. The number of likely N-dealkylation sites (tertiary alicyclic amines) is 1. The third-order valence-corrected chi connectivity index (χ3v) is 5.73. The van der Waals surface area contributed by atoms with E-state index in [0.29, 0.717) is 18.1 Å². The number of piperidine rings is 1. The minimum Gasteiger partial charge on any atom is -0.496 e. The summed E-state index contributed by atoms with van der Waals surface area (Å²) in [5.74, 6) is 0.954. The van der Waals surface area contributed by atoms with Crippen LogP contribution in [0, 0.1) is 11.7 Å². The average Bonchev–Trinajstić information content (AvgIpc) is 3.15. The maximum Gasteiger partial charge on any atom is 0.225 e. The molecule has 0 radical (unpaired) electrons. The fourth-order valence-corrected chi connectivity index (χ4v) is 4.03. The van der Waals surface area contributed by atoms with E-state index in [1.54, 1.807) is 24.5 Å². The van der Waals surface area contributed by atoms with Crippen LogP contribution < -0.4 is 10.1 Å². The Kier molecular flexibility index (Phi) is 6.63. The highest BCUT2D eigenvalue weighted by Crippen LogP contribution is 2.24. The summed E-state index contributed by atoms with van der Waals surface area (Å²) in [6.07, 6.45) is 2.59. The minimum atomic E-state index is -0.275. The molecule has 26 heavy (non-hydrogen) atoms. The zero-order valence-corrected chi connectivity index (χ0v) is 15.9. The minimum absolute atomic E-state index is 0.103. The number of nitrogens with one attached hydrogen (secondary N) is 1. The van der Waals surface area contributed by atoms with Crippen LogP contribution in [0.25, 0.3) is 0 Å². The van der Waals surface area contributed by atoms with Gasteiger partial charge in [0.1, 0.15) is 11.6 Å². The number of rotatable bonds is 7. The fourth-order valence-electron chi connectivity index (χ4n) is 3.33. The molecule has 3 rings (SSSR count). The van der Waals surface area contributed by atoms with Crippen molar-refractivity contribution in [2.45, 2.75) is 25.8 Å². The van der Waals surface area contributed by atoms with Gasteiger partial charge in [0.2, 0.25) is 5.91 Å². The van der Waals surface area contributed by atoms with Gasteiger partial charge in [0.25, 0.3) is 0 Å². The Hall–Kier alpha value is -1.92. The number of amides is 1. The molecule has 4 nitrogen and oxygen atoms in total. The molecule has 6 heteroatoms. The Morgan fingerprint density at radius 3 is 2.85 bits per heavy atom. The van der Waals surface area contributed by atoms with Crippen molar-refractivity contribution in [3.8, 4) is 5.75 Å². The predicted molar refractivity (Wildman–Crippen MR) is 102 cm³/mol. The van der Waals surface area contributed by atoms with E-state index in [2.05, 4.69) is 10.2 Å². The van der Waals surface area contributed by atoms with Gasteiger partial charge in [-0.25, -0.2) is 4.39 Å². The predicted octanol–water partition coefficient (Wildman–Crippen LogP) is 3.47. The number of methoxy groups -OCH3 is 1. The Bertz CT molecular complexity index is 713. The van der Waals surface area contributed by atoms with Gasteiger partial charge in [-0.1, -0.05) is 12.1 Å². The number of thiophene rings is 1. The van der Waals surface area contributed by atoms with E-state index in [4.69, 9.17) is 4.74 Å². The molecule has 1 saturated heterocycles. The molecular formula is C20H25FN2O2S. The number of hydrogen-bond donors (Lipinski definition) is 1. The summed E-state index contributed by atoms with van der Waals surface area (Å²) in [4.78, 5) is 15.5. The molecular weight excluding hydrogens is 351 g/mol. The first-order valence-electron chi connectivity index (χ1n) is 8.98. The van der Waals surface area contributed by atoms with Crippen LogP contribution in [0.15, 0.2) is 35.7 Å². The highest BCUT2D eigenvalue weighted by Gasteiger charge is 2.21. The molecule has 1 amide bonds. The monoisotopic (exact) mass is 376 g/mol. The van der Waals surface area contributed by atoms with Crippen molar-refractivity contribution in [3.63, 3.8) is 0 Å². The highest BCUT2D eigenvalue weighted by atomic mass is 32.1. The summed E-state index contributed by atoms with van der Waals surface area (Å²) >= 11 is 1.62. The maximum absolute atomic E-state index is 13.3. The third kappa shape index (κ3) is 5.29. The first-order chi connectivity index (χ1) is 12.6. The zero-order chi connectivity index (χ0) is 18.4. The first-order valence-corrected chi connectivity index (χ1v) is 9.86. The van der Waals surface area contributed by atoms with E-state index in [-0.39, 0.29) is 11.7 Å². The Balaban J connectivity index is 1.41.